The molecular weight excluding hydrogens is 262 g/mol. The molecular formula is C18H31NO2. The standard InChI is InChI=1S/C18H31NO2/c1-15(2)11-19-12-17-6-5-7-18(10-17)14-21-9-8-20-13-16(3)4/h5-7,10,15-16,19H,8-9,11-14H2,1-4H3. The van der Waals surface area contributed by atoms with Gasteiger partial charge in [0.25, 0.3) is 0 Å². The van der Waals surface area contributed by atoms with E-state index in [1.165, 1.54) is 11.1 Å². The van der Waals surface area contributed by atoms with E-state index in [1.54, 1.807) is 0 Å². The van der Waals surface area contributed by atoms with E-state index < -0.39 is 0 Å². The molecule has 1 aromatic rings. The summed E-state index contributed by atoms with van der Waals surface area (Å²) in [6.07, 6.45) is 0. The number of hydrogen-bond acceptors (Lipinski definition) is 3. The molecule has 1 aromatic carbocycles. The Hall–Kier alpha value is -0.900. The number of rotatable bonds is 11. The predicted octanol–water partition coefficient (Wildman–Crippen LogP) is 3.62. The highest BCUT2D eigenvalue weighted by Gasteiger charge is 1.99. The first-order valence-electron chi connectivity index (χ1n) is 8.02. The Morgan fingerprint density at radius 2 is 1.67 bits per heavy atom. The van der Waals surface area contributed by atoms with Gasteiger partial charge < -0.3 is 14.8 Å². The maximum atomic E-state index is 5.65. The SMILES string of the molecule is CC(C)CNCc1cccc(COCCOCC(C)C)c1. The molecule has 0 saturated carbocycles. The summed E-state index contributed by atoms with van der Waals surface area (Å²) >= 11 is 0. The van der Waals surface area contributed by atoms with Crippen LogP contribution in [0.2, 0.25) is 0 Å². The molecule has 3 nitrogen and oxygen atoms in total. The molecule has 0 atom stereocenters. The van der Waals surface area contributed by atoms with Crippen LogP contribution >= 0.6 is 0 Å². The summed E-state index contributed by atoms with van der Waals surface area (Å²) < 4.78 is 11.2. The molecule has 0 heterocycles. The monoisotopic (exact) mass is 293 g/mol. The summed E-state index contributed by atoms with van der Waals surface area (Å²) in [5, 5.41) is 3.46. The molecule has 0 aliphatic carbocycles. The molecule has 1 N–H and O–H groups in total. The van der Waals surface area contributed by atoms with Crippen LogP contribution in [0.15, 0.2) is 24.3 Å². The van der Waals surface area contributed by atoms with E-state index in [4.69, 9.17) is 9.47 Å². The number of hydrogen-bond donors (Lipinski definition) is 1. The lowest BCUT2D eigenvalue weighted by Crippen LogP contribution is -2.19. The fraction of sp³-hybridized carbons (Fsp3) is 0.667. The average molecular weight is 293 g/mol. The van der Waals surface area contributed by atoms with Crippen LogP contribution in [0.5, 0.6) is 0 Å². The zero-order chi connectivity index (χ0) is 15.5. The minimum Gasteiger partial charge on any atom is -0.379 e. The zero-order valence-electron chi connectivity index (χ0n) is 14.0. The fourth-order valence-corrected chi connectivity index (χ4v) is 1.96. The highest BCUT2D eigenvalue weighted by atomic mass is 16.5. The van der Waals surface area contributed by atoms with Gasteiger partial charge in [-0.05, 0) is 29.5 Å². The first-order valence-corrected chi connectivity index (χ1v) is 8.02. The van der Waals surface area contributed by atoms with Crippen molar-refractivity contribution in [1.29, 1.82) is 0 Å². The molecule has 21 heavy (non-hydrogen) atoms. The average Bonchev–Trinajstić information content (AvgIpc) is 2.42. The maximum absolute atomic E-state index is 5.65. The molecule has 0 saturated heterocycles. The van der Waals surface area contributed by atoms with Crippen molar-refractivity contribution in [3.05, 3.63) is 35.4 Å². The third-order valence-electron chi connectivity index (χ3n) is 2.97. The van der Waals surface area contributed by atoms with Crippen molar-refractivity contribution in [1.82, 2.24) is 5.32 Å². The smallest absolute Gasteiger partial charge is 0.0718 e. The summed E-state index contributed by atoms with van der Waals surface area (Å²) in [4.78, 5) is 0. The summed E-state index contributed by atoms with van der Waals surface area (Å²) in [6.45, 7) is 13.5. The van der Waals surface area contributed by atoms with Crippen molar-refractivity contribution in [2.24, 2.45) is 11.8 Å². The van der Waals surface area contributed by atoms with Gasteiger partial charge in [0, 0.05) is 13.2 Å². The van der Waals surface area contributed by atoms with Crippen LogP contribution < -0.4 is 5.32 Å². The molecule has 0 unspecified atom stereocenters. The first-order chi connectivity index (χ1) is 10.1. The normalized spacial score (nSPS) is 11.5. The third kappa shape index (κ3) is 9.62. The van der Waals surface area contributed by atoms with Crippen LogP contribution in [0.4, 0.5) is 0 Å². The Labute approximate surface area is 130 Å². The van der Waals surface area contributed by atoms with Gasteiger partial charge in [0.2, 0.25) is 0 Å². The second kappa shape index (κ2) is 10.8. The summed E-state index contributed by atoms with van der Waals surface area (Å²) in [6, 6.07) is 8.58. The minimum absolute atomic E-state index is 0.583. The topological polar surface area (TPSA) is 30.5 Å². The Kier molecular flexibility index (Phi) is 9.31. The van der Waals surface area contributed by atoms with Gasteiger partial charge >= 0.3 is 0 Å². The predicted molar refractivity (Wildman–Crippen MR) is 88.3 cm³/mol. The largest absolute Gasteiger partial charge is 0.379 e. The molecule has 120 valence electrons. The fourth-order valence-electron chi connectivity index (χ4n) is 1.96. The molecule has 3 heteroatoms. The van der Waals surface area contributed by atoms with E-state index >= 15 is 0 Å². The molecule has 0 aliphatic rings. The summed E-state index contributed by atoms with van der Waals surface area (Å²) in [5.41, 5.74) is 2.54. The lowest BCUT2D eigenvalue weighted by Gasteiger charge is -2.10. The molecule has 1 rings (SSSR count). The van der Waals surface area contributed by atoms with Crippen molar-refractivity contribution < 1.29 is 9.47 Å². The van der Waals surface area contributed by atoms with Crippen LogP contribution in [0.3, 0.4) is 0 Å². The number of nitrogens with one attached hydrogen (secondary N) is 1. The van der Waals surface area contributed by atoms with E-state index in [0.717, 1.165) is 19.7 Å². The van der Waals surface area contributed by atoms with Gasteiger partial charge in [-0.2, -0.15) is 0 Å². The van der Waals surface area contributed by atoms with Crippen LogP contribution in [-0.4, -0.2) is 26.4 Å². The van der Waals surface area contributed by atoms with Gasteiger partial charge in [0.1, 0.15) is 0 Å². The third-order valence-corrected chi connectivity index (χ3v) is 2.97. The second-order valence-electron chi connectivity index (χ2n) is 6.37. The van der Waals surface area contributed by atoms with E-state index in [0.29, 0.717) is 31.7 Å². The summed E-state index contributed by atoms with van der Waals surface area (Å²) in [7, 11) is 0. The minimum atomic E-state index is 0.583. The molecule has 0 amide bonds. The first kappa shape index (κ1) is 18.1. The number of ether oxygens (including phenoxy) is 2. The van der Waals surface area contributed by atoms with Crippen LogP contribution in [0.1, 0.15) is 38.8 Å². The van der Waals surface area contributed by atoms with Gasteiger partial charge in [0.15, 0.2) is 0 Å². The Morgan fingerprint density at radius 1 is 0.952 bits per heavy atom. The van der Waals surface area contributed by atoms with Crippen molar-refractivity contribution in [3.63, 3.8) is 0 Å². The van der Waals surface area contributed by atoms with E-state index in [1.807, 2.05) is 0 Å². The van der Waals surface area contributed by atoms with Crippen molar-refractivity contribution in [2.75, 3.05) is 26.4 Å². The van der Waals surface area contributed by atoms with E-state index in [2.05, 4.69) is 57.3 Å². The van der Waals surface area contributed by atoms with Gasteiger partial charge in [-0.3, -0.25) is 0 Å². The molecule has 0 bridgehead atoms. The van der Waals surface area contributed by atoms with E-state index in [-0.39, 0.29) is 0 Å². The van der Waals surface area contributed by atoms with Gasteiger partial charge in [0.05, 0.1) is 19.8 Å². The van der Waals surface area contributed by atoms with Crippen molar-refractivity contribution >= 4 is 0 Å². The maximum Gasteiger partial charge on any atom is 0.0718 e. The lowest BCUT2D eigenvalue weighted by molar-refractivity contribution is 0.0314. The zero-order valence-corrected chi connectivity index (χ0v) is 14.0. The van der Waals surface area contributed by atoms with Crippen LogP contribution in [0.25, 0.3) is 0 Å². The highest BCUT2D eigenvalue weighted by molar-refractivity contribution is 5.22. The Bertz CT molecular complexity index is 377. The van der Waals surface area contributed by atoms with E-state index in [9.17, 15) is 0 Å². The second-order valence-corrected chi connectivity index (χ2v) is 6.37. The Balaban J connectivity index is 2.20. The van der Waals surface area contributed by atoms with Gasteiger partial charge in [-0.25, -0.2) is 0 Å². The lowest BCUT2D eigenvalue weighted by atomic mass is 10.1. The molecule has 0 radical (unpaired) electrons. The Morgan fingerprint density at radius 3 is 2.38 bits per heavy atom. The molecule has 0 aromatic heterocycles. The molecule has 0 aliphatic heterocycles. The van der Waals surface area contributed by atoms with Crippen molar-refractivity contribution in [2.45, 2.75) is 40.8 Å². The van der Waals surface area contributed by atoms with Gasteiger partial charge in [-0.1, -0.05) is 52.0 Å². The van der Waals surface area contributed by atoms with Crippen LogP contribution in [-0.2, 0) is 22.6 Å². The quantitative estimate of drug-likeness (QED) is 0.632. The summed E-state index contributed by atoms with van der Waals surface area (Å²) in [5.74, 6) is 1.27. The molecule has 0 fully saturated rings. The van der Waals surface area contributed by atoms with Gasteiger partial charge in [-0.15, -0.1) is 0 Å². The van der Waals surface area contributed by atoms with Crippen LogP contribution in [0, 0.1) is 11.8 Å². The van der Waals surface area contributed by atoms with Crippen molar-refractivity contribution in [3.8, 4) is 0 Å². The molecule has 0 spiro atoms. The number of benzene rings is 1. The highest BCUT2D eigenvalue weighted by Crippen LogP contribution is 2.07.